The van der Waals surface area contributed by atoms with E-state index in [2.05, 4.69) is 11.6 Å². The number of sulfonamides is 1. The molecule has 0 aromatic heterocycles. The van der Waals surface area contributed by atoms with Crippen LogP contribution in [0.25, 0.3) is 0 Å². The lowest BCUT2D eigenvalue weighted by Crippen LogP contribution is -2.40. The third kappa shape index (κ3) is 3.28. The molecule has 20 heavy (non-hydrogen) atoms. The largest absolute Gasteiger partial charge is 0.326 e. The number of benzene rings is 1. The van der Waals surface area contributed by atoms with Crippen molar-refractivity contribution in [2.75, 3.05) is 6.54 Å². The number of halogens is 2. The lowest BCUT2D eigenvalue weighted by atomic mass is 9.71. The van der Waals surface area contributed by atoms with Crippen molar-refractivity contribution in [2.45, 2.75) is 37.6 Å². The van der Waals surface area contributed by atoms with Gasteiger partial charge < -0.3 is 5.73 Å². The van der Waals surface area contributed by atoms with Gasteiger partial charge in [0.25, 0.3) is 0 Å². The van der Waals surface area contributed by atoms with Gasteiger partial charge >= 0.3 is 0 Å². The average Bonchev–Trinajstić information content (AvgIpc) is 2.36. The summed E-state index contributed by atoms with van der Waals surface area (Å²) in [6.07, 6.45) is 3.22. The van der Waals surface area contributed by atoms with Gasteiger partial charge in [-0.1, -0.05) is 36.5 Å². The molecular formula is C13H18Cl2N2O2S. The summed E-state index contributed by atoms with van der Waals surface area (Å²) in [6.45, 7) is 2.62. The van der Waals surface area contributed by atoms with Gasteiger partial charge in [0.2, 0.25) is 10.0 Å². The lowest BCUT2D eigenvalue weighted by Gasteiger charge is -2.38. The van der Waals surface area contributed by atoms with E-state index in [4.69, 9.17) is 28.9 Å². The number of hydrogen-bond donors (Lipinski definition) is 2. The van der Waals surface area contributed by atoms with E-state index >= 15 is 0 Å². The molecule has 1 aromatic rings. The van der Waals surface area contributed by atoms with Gasteiger partial charge in [0.05, 0.1) is 5.02 Å². The minimum Gasteiger partial charge on any atom is -0.326 e. The minimum absolute atomic E-state index is 0.00459. The van der Waals surface area contributed by atoms with Gasteiger partial charge in [-0.2, -0.15) is 0 Å². The van der Waals surface area contributed by atoms with Crippen molar-refractivity contribution < 1.29 is 8.42 Å². The highest BCUT2D eigenvalue weighted by molar-refractivity contribution is 7.89. The van der Waals surface area contributed by atoms with Gasteiger partial charge in [-0.25, -0.2) is 13.1 Å². The molecule has 3 N–H and O–H groups in total. The Morgan fingerprint density at radius 3 is 2.50 bits per heavy atom. The van der Waals surface area contributed by atoms with Gasteiger partial charge in [0.15, 0.2) is 0 Å². The van der Waals surface area contributed by atoms with Crippen LogP contribution in [-0.2, 0) is 16.6 Å². The molecule has 0 heterocycles. The van der Waals surface area contributed by atoms with Crippen molar-refractivity contribution in [3.63, 3.8) is 0 Å². The van der Waals surface area contributed by atoms with E-state index in [1.807, 2.05) is 0 Å². The van der Waals surface area contributed by atoms with Crippen molar-refractivity contribution in [2.24, 2.45) is 11.1 Å². The molecule has 112 valence electrons. The maximum Gasteiger partial charge on any atom is 0.242 e. The first kappa shape index (κ1) is 16.0. The van der Waals surface area contributed by atoms with Crippen LogP contribution in [0, 0.1) is 5.41 Å². The van der Waals surface area contributed by atoms with Crippen LogP contribution in [0.5, 0.6) is 0 Å². The van der Waals surface area contributed by atoms with E-state index in [0.717, 1.165) is 19.3 Å². The number of nitrogens with two attached hydrogens (primary N) is 1. The Labute approximate surface area is 129 Å². The molecule has 0 aliphatic heterocycles. The Hall–Kier alpha value is -0.330. The van der Waals surface area contributed by atoms with E-state index < -0.39 is 10.0 Å². The molecule has 0 atom stereocenters. The monoisotopic (exact) mass is 336 g/mol. The Kier molecular flexibility index (Phi) is 4.66. The van der Waals surface area contributed by atoms with Crippen molar-refractivity contribution in [1.82, 2.24) is 4.72 Å². The smallest absolute Gasteiger partial charge is 0.242 e. The molecule has 0 unspecified atom stereocenters. The summed E-state index contributed by atoms with van der Waals surface area (Å²) in [5.74, 6) is 0. The summed E-state index contributed by atoms with van der Waals surface area (Å²) < 4.78 is 27.4. The van der Waals surface area contributed by atoms with E-state index in [0.29, 0.717) is 17.1 Å². The highest BCUT2D eigenvalue weighted by Gasteiger charge is 2.33. The zero-order chi connectivity index (χ0) is 15.0. The van der Waals surface area contributed by atoms with Crippen LogP contribution in [0.15, 0.2) is 17.0 Å². The van der Waals surface area contributed by atoms with Gasteiger partial charge in [-0.05, 0) is 36.0 Å². The second-order valence-corrected chi connectivity index (χ2v) is 8.12. The second kappa shape index (κ2) is 5.81. The molecule has 1 aromatic carbocycles. The summed E-state index contributed by atoms with van der Waals surface area (Å²) in [7, 11) is -3.68. The fourth-order valence-electron chi connectivity index (χ4n) is 2.27. The normalized spacial score (nSPS) is 17.8. The van der Waals surface area contributed by atoms with Crippen LogP contribution in [-0.4, -0.2) is 15.0 Å². The minimum atomic E-state index is -3.68. The van der Waals surface area contributed by atoms with Crippen LogP contribution >= 0.6 is 23.2 Å². The zero-order valence-corrected chi connectivity index (χ0v) is 13.6. The predicted octanol–water partition coefficient (Wildman–Crippen LogP) is 2.92. The first-order valence-electron chi connectivity index (χ1n) is 6.45. The fraction of sp³-hybridized carbons (Fsp3) is 0.538. The number of nitrogens with one attached hydrogen (secondary N) is 1. The Balaban J connectivity index is 2.27. The van der Waals surface area contributed by atoms with E-state index in [1.54, 1.807) is 6.07 Å². The van der Waals surface area contributed by atoms with Crippen LogP contribution < -0.4 is 10.5 Å². The molecule has 1 aliphatic rings. The molecule has 0 saturated heterocycles. The molecule has 4 nitrogen and oxygen atoms in total. The Bertz CT molecular complexity index is 613. The Morgan fingerprint density at radius 2 is 2.00 bits per heavy atom. The van der Waals surface area contributed by atoms with Crippen molar-refractivity contribution in [3.8, 4) is 0 Å². The maximum absolute atomic E-state index is 12.4. The standard InChI is InChI=1S/C13H18Cl2N2O2S/c1-13(3-2-4-13)8-17-20(18,19)11-6-10(14)5-9(7-16)12(11)15/h5-6,17H,2-4,7-8,16H2,1H3. The predicted molar refractivity (Wildman–Crippen MR) is 81.5 cm³/mol. The SMILES string of the molecule is CC1(CNS(=O)(=O)c2cc(Cl)cc(CN)c2Cl)CCC1. The molecule has 7 heteroatoms. The highest BCUT2D eigenvalue weighted by atomic mass is 35.5. The molecule has 0 amide bonds. The van der Waals surface area contributed by atoms with Crippen LogP contribution in [0.4, 0.5) is 0 Å². The summed E-state index contributed by atoms with van der Waals surface area (Å²) in [6, 6.07) is 2.94. The summed E-state index contributed by atoms with van der Waals surface area (Å²) in [5, 5.41) is 0.452. The summed E-state index contributed by atoms with van der Waals surface area (Å²) in [4.78, 5) is -0.00459. The maximum atomic E-state index is 12.4. The quantitative estimate of drug-likeness (QED) is 0.868. The molecule has 2 rings (SSSR count). The molecular weight excluding hydrogens is 319 g/mol. The van der Waals surface area contributed by atoms with Crippen molar-refractivity contribution in [1.29, 1.82) is 0 Å². The highest BCUT2D eigenvalue weighted by Crippen LogP contribution is 2.40. The second-order valence-electron chi connectivity index (χ2n) is 5.57. The third-order valence-corrected chi connectivity index (χ3v) is 6.04. The van der Waals surface area contributed by atoms with Crippen LogP contribution in [0.2, 0.25) is 10.0 Å². The fourth-order valence-corrected chi connectivity index (χ4v) is 4.41. The molecule has 0 radical (unpaired) electrons. The van der Waals surface area contributed by atoms with Gasteiger partial charge in [-0.3, -0.25) is 0 Å². The van der Waals surface area contributed by atoms with Gasteiger partial charge in [0, 0.05) is 18.1 Å². The Morgan fingerprint density at radius 1 is 1.35 bits per heavy atom. The van der Waals surface area contributed by atoms with Crippen LogP contribution in [0.3, 0.4) is 0 Å². The first-order valence-corrected chi connectivity index (χ1v) is 8.69. The van der Waals surface area contributed by atoms with Gasteiger partial charge in [-0.15, -0.1) is 0 Å². The number of rotatable bonds is 5. The third-order valence-electron chi connectivity index (χ3n) is 3.84. The zero-order valence-electron chi connectivity index (χ0n) is 11.2. The first-order chi connectivity index (χ1) is 9.27. The number of hydrogen-bond acceptors (Lipinski definition) is 3. The van der Waals surface area contributed by atoms with E-state index in [1.165, 1.54) is 6.07 Å². The van der Waals surface area contributed by atoms with Gasteiger partial charge in [0.1, 0.15) is 4.90 Å². The van der Waals surface area contributed by atoms with Crippen molar-refractivity contribution >= 4 is 33.2 Å². The average molecular weight is 337 g/mol. The van der Waals surface area contributed by atoms with Crippen LogP contribution in [0.1, 0.15) is 31.7 Å². The molecule has 1 aliphatic carbocycles. The van der Waals surface area contributed by atoms with E-state index in [9.17, 15) is 8.42 Å². The van der Waals surface area contributed by atoms with E-state index in [-0.39, 0.29) is 21.9 Å². The lowest BCUT2D eigenvalue weighted by molar-refractivity contribution is 0.166. The van der Waals surface area contributed by atoms with Crippen molar-refractivity contribution in [3.05, 3.63) is 27.7 Å². The molecule has 1 fully saturated rings. The summed E-state index contributed by atoms with van der Waals surface area (Å²) in [5.41, 5.74) is 6.12. The topological polar surface area (TPSA) is 72.2 Å². The molecule has 1 saturated carbocycles. The summed E-state index contributed by atoms with van der Waals surface area (Å²) >= 11 is 12.0. The molecule has 0 bridgehead atoms. The molecule has 0 spiro atoms.